The van der Waals surface area contributed by atoms with Crippen molar-refractivity contribution < 1.29 is 20.1 Å². The van der Waals surface area contributed by atoms with Crippen molar-refractivity contribution in [1.29, 1.82) is 0 Å². The van der Waals surface area contributed by atoms with E-state index in [0.29, 0.717) is 0 Å². The Hall–Kier alpha value is -1.79. The fraction of sp³-hybridized carbons (Fsp3) is 0. The van der Waals surface area contributed by atoms with Crippen molar-refractivity contribution >= 4 is 19.2 Å². The zero-order chi connectivity index (χ0) is 11.5. The van der Waals surface area contributed by atoms with Crippen LogP contribution in [0.3, 0.4) is 0 Å². The molecule has 90 valence electrons. The third-order valence-electron chi connectivity index (χ3n) is 2.28. The maximum absolute atomic E-state index is 4.02. The van der Waals surface area contributed by atoms with Gasteiger partial charge in [0, 0.05) is 44.9 Å². The second kappa shape index (κ2) is 5.70. The van der Waals surface area contributed by atoms with Crippen LogP contribution in [0.4, 0.5) is 11.6 Å². The summed E-state index contributed by atoms with van der Waals surface area (Å²) in [7, 11) is 1.87. The molecule has 0 amide bonds. The normalized spacial score (nSPS) is 13.1. The minimum atomic E-state index is 0. The van der Waals surface area contributed by atoms with Gasteiger partial charge in [-0.15, -0.1) is 10.2 Å². The van der Waals surface area contributed by atoms with E-state index in [1.54, 1.807) is 12.4 Å². The zero-order valence-corrected chi connectivity index (χ0v) is 11.6. The quantitative estimate of drug-likeness (QED) is 0.670. The topological polar surface area (TPSA) is 58.0 Å². The van der Waals surface area contributed by atoms with Crippen LogP contribution in [0.5, 0.6) is 0 Å². The molecule has 0 unspecified atom stereocenters. The molecule has 3 rings (SSSR count). The number of anilines is 2. The summed E-state index contributed by atoms with van der Waals surface area (Å²) in [5.74, 6) is 1.52. The van der Waals surface area contributed by atoms with Crippen molar-refractivity contribution in [2.75, 3.05) is 9.62 Å². The van der Waals surface area contributed by atoms with E-state index in [1.807, 2.05) is 53.8 Å². The van der Waals surface area contributed by atoms with E-state index in [-0.39, 0.29) is 20.1 Å². The molecule has 0 atom stereocenters. The van der Waals surface area contributed by atoms with Crippen LogP contribution in [0.15, 0.2) is 49.1 Å². The molecule has 0 N–H and O–H groups in total. The summed E-state index contributed by atoms with van der Waals surface area (Å²) < 4.78 is 0. The molecule has 0 spiro atoms. The second-order valence-corrected chi connectivity index (χ2v) is 3.39. The molecule has 2 radical (unpaired) electrons. The van der Waals surface area contributed by atoms with Crippen molar-refractivity contribution in [2.45, 2.75) is 0 Å². The van der Waals surface area contributed by atoms with Crippen LogP contribution in [-0.2, 0) is 20.1 Å². The second-order valence-electron chi connectivity index (χ2n) is 3.39. The first-order valence-electron chi connectivity index (χ1n) is 5.09. The molecule has 0 saturated heterocycles. The summed E-state index contributed by atoms with van der Waals surface area (Å²) in [5.41, 5.74) is 0. The van der Waals surface area contributed by atoms with Gasteiger partial charge in [0.15, 0.2) is 0 Å². The Kier molecular flexibility index (Phi) is 4.01. The molecule has 1 aliphatic heterocycles. The summed E-state index contributed by atoms with van der Waals surface area (Å²) in [6.45, 7) is 0. The molecule has 1 aliphatic rings. The van der Waals surface area contributed by atoms with Crippen LogP contribution in [0.25, 0.3) is 0 Å². The molecular formula is C10H8BIrN6. The molecular weight excluding hydrogens is 407 g/mol. The Morgan fingerprint density at radius 1 is 0.833 bits per heavy atom. The Labute approximate surface area is 118 Å². The van der Waals surface area contributed by atoms with Crippen LogP contribution in [0.2, 0.25) is 0 Å². The SMILES string of the molecule is [B]1N(c2cccnn2)C=CN1c1cccnn1.[Ir]. The zero-order valence-electron chi connectivity index (χ0n) is 9.21. The van der Waals surface area contributed by atoms with Crippen LogP contribution in [0.1, 0.15) is 0 Å². The number of rotatable bonds is 2. The molecule has 2 aromatic rings. The van der Waals surface area contributed by atoms with Gasteiger partial charge < -0.3 is 9.62 Å². The fourth-order valence-electron chi connectivity index (χ4n) is 1.49. The van der Waals surface area contributed by atoms with E-state index >= 15 is 0 Å². The average molecular weight is 415 g/mol. The van der Waals surface area contributed by atoms with Crippen molar-refractivity contribution in [3.05, 3.63) is 49.1 Å². The van der Waals surface area contributed by atoms with Crippen LogP contribution >= 0.6 is 0 Å². The van der Waals surface area contributed by atoms with Crippen molar-refractivity contribution in [3.63, 3.8) is 0 Å². The van der Waals surface area contributed by atoms with Crippen LogP contribution in [0, 0.1) is 0 Å². The smallest absolute Gasteiger partial charge is 0.356 e. The first-order valence-corrected chi connectivity index (χ1v) is 5.09. The van der Waals surface area contributed by atoms with Crippen molar-refractivity contribution in [1.82, 2.24) is 20.4 Å². The van der Waals surface area contributed by atoms with Gasteiger partial charge in [0.25, 0.3) is 0 Å². The van der Waals surface area contributed by atoms with Gasteiger partial charge in [-0.25, -0.2) is 0 Å². The molecule has 0 aliphatic carbocycles. The Balaban J connectivity index is 0.00000120. The van der Waals surface area contributed by atoms with Crippen molar-refractivity contribution in [2.24, 2.45) is 0 Å². The maximum atomic E-state index is 4.02. The Bertz CT molecular complexity index is 475. The number of hydrogen-bond acceptors (Lipinski definition) is 6. The van der Waals surface area contributed by atoms with Crippen LogP contribution in [-0.4, -0.2) is 27.9 Å². The van der Waals surface area contributed by atoms with Gasteiger partial charge in [-0.2, -0.15) is 10.2 Å². The monoisotopic (exact) mass is 416 g/mol. The van der Waals surface area contributed by atoms with Gasteiger partial charge in [0.1, 0.15) is 11.6 Å². The van der Waals surface area contributed by atoms with Gasteiger partial charge in [-0.05, 0) is 24.3 Å². The first-order chi connectivity index (χ1) is 8.43. The molecule has 6 nitrogen and oxygen atoms in total. The summed E-state index contributed by atoms with van der Waals surface area (Å²) in [4.78, 5) is 3.73. The predicted molar refractivity (Wildman–Crippen MR) is 63.9 cm³/mol. The van der Waals surface area contributed by atoms with Crippen LogP contribution < -0.4 is 9.62 Å². The Morgan fingerprint density at radius 2 is 1.33 bits per heavy atom. The summed E-state index contributed by atoms with van der Waals surface area (Å²) >= 11 is 0. The fourth-order valence-corrected chi connectivity index (χ4v) is 1.49. The van der Waals surface area contributed by atoms with E-state index in [1.165, 1.54) is 0 Å². The molecule has 0 saturated carbocycles. The summed E-state index contributed by atoms with van der Waals surface area (Å²) in [6.07, 6.45) is 7.06. The third kappa shape index (κ3) is 2.55. The molecule has 18 heavy (non-hydrogen) atoms. The largest absolute Gasteiger partial charge is 0.403 e. The molecule has 0 aromatic carbocycles. The predicted octanol–water partition coefficient (Wildman–Crippen LogP) is 0.596. The van der Waals surface area contributed by atoms with E-state index in [9.17, 15) is 0 Å². The third-order valence-corrected chi connectivity index (χ3v) is 2.28. The number of hydrogen-bond donors (Lipinski definition) is 0. The number of aromatic nitrogens is 4. The van der Waals surface area contributed by atoms with Gasteiger partial charge in [0.05, 0.1) is 0 Å². The summed E-state index contributed by atoms with van der Waals surface area (Å²) in [5, 5.41) is 15.7. The minimum Gasteiger partial charge on any atom is -0.356 e. The molecule has 0 fully saturated rings. The average Bonchev–Trinajstić information content (AvgIpc) is 2.90. The minimum absolute atomic E-state index is 0. The van der Waals surface area contributed by atoms with E-state index in [4.69, 9.17) is 0 Å². The van der Waals surface area contributed by atoms with E-state index in [0.717, 1.165) is 11.6 Å². The van der Waals surface area contributed by atoms with Crippen molar-refractivity contribution in [3.8, 4) is 0 Å². The molecule has 3 heterocycles. The van der Waals surface area contributed by atoms with Gasteiger partial charge in [0.2, 0.25) is 0 Å². The van der Waals surface area contributed by atoms with E-state index in [2.05, 4.69) is 20.4 Å². The van der Waals surface area contributed by atoms with E-state index < -0.39 is 0 Å². The van der Waals surface area contributed by atoms with Gasteiger partial charge >= 0.3 is 7.55 Å². The standard InChI is InChI=1S/C10H8BN6.Ir/c1-3-9(14-12-5-1)16-7-8-17(11-16)10-4-2-6-13-15-10;/h1-8H;. The number of nitrogens with zero attached hydrogens (tertiary/aromatic N) is 6. The molecule has 2 aromatic heterocycles. The molecule has 8 heteroatoms. The summed E-state index contributed by atoms with van der Waals surface area (Å²) in [6, 6.07) is 7.45. The maximum Gasteiger partial charge on any atom is 0.403 e. The van der Waals surface area contributed by atoms with Gasteiger partial charge in [-0.3, -0.25) is 0 Å². The Morgan fingerprint density at radius 3 is 1.72 bits per heavy atom. The first kappa shape index (κ1) is 12.7. The van der Waals surface area contributed by atoms with Gasteiger partial charge in [-0.1, -0.05) is 0 Å². The molecule has 0 bridgehead atoms.